The highest BCUT2D eigenvalue weighted by Gasteiger charge is 2.25. The van der Waals surface area contributed by atoms with Gasteiger partial charge < -0.3 is 5.32 Å². The van der Waals surface area contributed by atoms with Gasteiger partial charge in [0, 0.05) is 4.88 Å². The van der Waals surface area contributed by atoms with Gasteiger partial charge in [-0.05, 0) is 48.3 Å². The van der Waals surface area contributed by atoms with Crippen molar-refractivity contribution in [1.82, 2.24) is 16.2 Å². The first-order valence-corrected chi connectivity index (χ1v) is 11.2. The van der Waals surface area contributed by atoms with Gasteiger partial charge in [-0.15, -0.1) is 11.3 Å². The minimum absolute atomic E-state index is 0.128. The van der Waals surface area contributed by atoms with Crippen LogP contribution in [0.1, 0.15) is 52.9 Å². The second-order valence-electron chi connectivity index (χ2n) is 8.30. The Kier molecular flexibility index (Phi) is 7.26. The second kappa shape index (κ2) is 9.89. The molecule has 2 aromatic rings. The summed E-state index contributed by atoms with van der Waals surface area (Å²) >= 11 is 1.49. The topological polar surface area (TPSA) is 87.3 Å². The molecule has 1 aliphatic rings. The molecule has 6 nitrogen and oxygen atoms in total. The molecule has 0 fully saturated rings. The zero-order valence-corrected chi connectivity index (χ0v) is 18.5. The molecule has 2 atom stereocenters. The maximum Gasteiger partial charge on any atom is 0.279 e. The van der Waals surface area contributed by atoms with Crippen molar-refractivity contribution in [1.29, 1.82) is 0 Å². The fourth-order valence-electron chi connectivity index (χ4n) is 3.62. The summed E-state index contributed by atoms with van der Waals surface area (Å²) in [5, 5.41) is 2.77. The molecule has 1 aliphatic carbocycles. The Morgan fingerprint density at radius 2 is 1.87 bits per heavy atom. The standard InChI is InChI=1S/C23H29N3O3S/c1-14(2)21(24-20(27)12-16-7-5-4-6-8-16)23(29)26-25-22(28)19-13-17-11-15(3)9-10-18(17)30-19/h4-8,13-15,21H,9-12H2,1-3H3,(H,24,27)(H,25,28)(H,26,29)/t15-,21+/m1/s1. The minimum Gasteiger partial charge on any atom is -0.344 e. The molecule has 0 bridgehead atoms. The van der Waals surface area contributed by atoms with Crippen molar-refractivity contribution in [3.05, 3.63) is 57.3 Å². The molecular weight excluding hydrogens is 398 g/mol. The van der Waals surface area contributed by atoms with Crippen molar-refractivity contribution in [2.24, 2.45) is 11.8 Å². The van der Waals surface area contributed by atoms with Gasteiger partial charge >= 0.3 is 0 Å². The molecule has 1 heterocycles. The summed E-state index contributed by atoms with van der Waals surface area (Å²) in [6.45, 7) is 5.92. The Morgan fingerprint density at radius 1 is 1.13 bits per heavy atom. The predicted octanol–water partition coefficient (Wildman–Crippen LogP) is 3.02. The summed E-state index contributed by atoms with van der Waals surface area (Å²) in [5.41, 5.74) is 7.09. The highest BCUT2D eigenvalue weighted by molar-refractivity contribution is 7.14. The lowest BCUT2D eigenvalue weighted by atomic mass is 9.90. The number of fused-ring (bicyclic) bond motifs is 1. The van der Waals surface area contributed by atoms with Crippen LogP contribution in [0.2, 0.25) is 0 Å². The van der Waals surface area contributed by atoms with E-state index in [-0.39, 0.29) is 24.2 Å². The molecule has 3 N–H and O–H groups in total. The zero-order chi connectivity index (χ0) is 21.7. The maximum absolute atomic E-state index is 12.6. The normalized spacial score (nSPS) is 16.5. The van der Waals surface area contributed by atoms with E-state index in [4.69, 9.17) is 0 Å². The Labute approximate surface area is 181 Å². The lowest BCUT2D eigenvalue weighted by Gasteiger charge is -2.21. The van der Waals surface area contributed by atoms with Crippen molar-refractivity contribution >= 4 is 29.1 Å². The van der Waals surface area contributed by atoms with E-state index in [0.29, 0.717) is 10.8 Å². The summed E-state index contributed by atoms with van der Waals surface area (Å²) in [4.78, 5) is 39.3. The Balaban J connectivity index is 1.54. The molecule has 160 valence electrons. The number of hydrazine groups is 1. The van der Waals surface area contributed by atoms with Crippen molar-refractivity contribution in [2.45, 2.75) is 52.5 Å². The molecule has 3 amide bonds. The Morgan fingerprint density at radius 3 is 2.57 bits per heavy atom. The predicted molar refractivity (Wildman–Crippen MR) is 118 cm³/mol. The first-order chi connectivity index (χ1) is 14.3. The van der Waals surface area contributed by atoms with Gasteiger partial charge in [0.25, 0.3) is 11.8 Å². The van der Waals surface area contributed by atoms with Crippen LogP contribution in [-0.4, -0.2) is 23.8 Å². The van der Waals surface area contributed by atoms with E-state index in [1.807, 2.05) is 50.2 Å². The van der Waals surface area contributed by atoms with Crippen LogP contribution in [0.5, 0.6) is 0 Å². The quantitative estimate of drug-likeness (QED) is 0.620. The number of rotatable bonds is 6. The van der Waals surface area contributed by atoms with Gasteiger partial charge in [-0.3, -0.25) is 25.2 Å². The third-order valence-corrected chi connectivity index (χ3v) is 6.56. The number of carbonyl (C=O) groups excluding carboxylic acids is 3. The molecule has 7 heteroatoms. The van der Waals surface area contributed by atoms with E-state index in [9.17, 15) is 14.4 Å². The zero-order valence-electron chi connectivity index (χ0n) is 17.7. The van der Waals surface area contributed by atoms with Crippen molar-refractivity contribution in [3.63, 3.8) is 0 Å². The summed E-state index contributed by atoms with van der Waals surface area (Å²) in [6, 6.07) is 10.6. The molecule has 0 spiro atoms. The van der Waals surface area contributed by atoms with Crippen molar-refractivity contribution in [2.75, 3.05) is 0 Å². The molecular formula is C23H29N3O3S. The van der Waals surface area contributed by atoms with Crippen LogP contribution < -0.4 is 16.2 Å². The number of nitrogens with one attached hydrogen (secondary N) is 3. The lowest BCUT2D eigenvalue weighted by molar-refractivity contribution is -0.130. The number of thiophene rings is 1. The van der Waals surface area contributed by atoms with E-state index < -0.39 is 11.9 Å². The maximum atomic E-state index is 12.6. The molecule has 3 rings (SSSR count). The van der Waals surface area contributed by atoms with Gasteiger partial charge in [0.15, 0.2) is 0 Å². The summed E-state index contributed by atoms with van der Waals surface area (Å²) in [6.07, 6.45) is 3.34. The van der Waals surface area contributed by atoms with Gasteiger partial charge in [0.1, 0.15) is 6.04 Å². The lowest BCUT2D eigenvalue weighted by Crippen LogP contribution is -2.54. The number of hydrogen-bond donors (Lipinski definition) is 3. The van der Waals surface area contributed by atoms with Gasteiger partial charge in [0.2, 0.25) is 5.91 Å². The molecule has 0 saturated heterocycles. The Bertz CT molecular complexity index is 908. The van der Waals surface area contributed by atoms with Gasteiger partial charge in [0.05, 0.1) is 11.3 Å². The van der Waals surface area contributed by atoms with Crippen LogP contribution in [0.25, 0.3) is 0 Å². The fourth-order valence-corrected chi connectivity index (χ4v) is 4.72. The van der Waals surface area contributed by atoms with Crippen LogP contribution in [0.15, 0.2) is 36.4 Å². The Hall–Kier alpha value is -2.67. The number of carbonyl (C=O) groups is 3. The van der Waals surface area contributed by atoms with E-state index in [1.54, 1.807) is 0 Å². The van der Waals surface area contributed by atoms with Gasteiger partial charge in [-0.25, -0.2) is 0 Å². The van der Waals surface area contributed by atoms with E-state index in [0.717, 1.165) is 24.8 Å². The number of amides is 3. The summed E-state index contributed by atoms with van der Waals surface area (Å²) in [5.74, 6) is -0.490. The van der Waals surface area contributed by atoms with E-state index in [2.05, 4.69) is 23.1 Å². The molecule has 0 aliphatic heterocycles. The van der Waals surface area contributed by atoms with Crippen LogP contribution in [0.4, 0.5) is 0 Å². The average Bonchev–Trinajstić information content (AvgIpc) is 3.13. The molecule has 30 heavy (non-hydrogen) atoms. The third-order valence-electron chi connectivity index (χ3n) is 5.33. The second-order valence-corrected chi connectivity index (χ2v) is 9.44. The van der Waals surface area contributed by atoms with E-state index >= 15 is 0 Å². The summed E-state index contributed by atoms with van der Waals surface area (Å²) < 4.78 is 0. The van der Waals surface area contributed by atoms with Crippen LogP contribution in [-0.2, 0) is 28.9 Å². The smallest absolute Gasteiger partial charge is 0.279 e. The number of aryl methyl sites for hydroxylation is 1. The van der Waals surface area contributed by atoms with Crippen molar-refractivity contribution < 1.29 is 14.4 Å². The highest BCUT2D eigenvalue weighted by Crippen LogP contribution is 2.32. The molecule has 0 radical (unpaired) electrons. The highest BCUT2D eigenvalue weighted by atomic mass is 32.1. The SMILES string of the molecule is CC(C)[C@H](NC(=O)Cc1ccccc1)C(=O)NNC(=O)c1cc2c(s1)CC[C@@H](C)C2. The largest absolute Gasteiger partial charge is 0.344 e. The average molecular weight is 428 g/mol. The third kappa shape index (κ3) is 5.69. The van der Waals surface area contributed by atoms with Gasteiger partial charge in [-0.1, -0.05) is 51.1 Å². The van der Waals surface area contributed by atoms with Crippen LogP contribution >= 0.6 is 11.3 Å². The fraction of sp³-hybridized carbons (Fsp3) is 0.435. The number of hydrogen-bond acceptors (Lipinski definition) is 4. The van der Waals surface area contributed by atoms with Crippen LogP contribution in [0, 0.1) is 11.8 Å². The van der Waals surface area contributed by atoms with Gasteiger partial charge in [-0.2, -0.15) is 0 Å². The molecule has 1 aromatic carbocycles. The molecule has 0 unspecified atom stereocenters. The van der Waals surface area contributed by atoms with E-state index in [1.165, 1.54) is 21.8 Å². The first kappa shape index (κ1) is 22.0. The van der Waals surface area contributed by atoms with Crippen LogP contribution in [0.3, 0.4) is 0 Å². The molecule has 1 aromatic heterocycles. The van der Waals surface area contributed by atoms with Crippen molar-refractivity contribution in [3.8, 4) is 0 Å². The minimum atomic E-state index is -0.737. The molecule has 0 saturated carbocycles. The number of benzene rings is 1. The summed E-state index contributed by atoms with van der Waals surface area (Å²) in [7, 11) is 0. The first-order valence-electron chi connectivity index (χ1n) is 10.4. The monoisotopic (exact) mass is 427 g/mol.